The second-order valence-electron chi connectivity index (χ2n) is 6.25. The van der Waals surface area contributed by atoms with Crippen molar-refractivity contribution in [1.82, 2.24) is 4.90 Å². The molecule has 3 rings (SSSR count). The van der Waals surface area contributed by atoms with E-state index in [9.17, 15) is 0 Å². The standard InChI is InChI=1S/C19H20ClIN2O/c1-12-7-19(24-17-9-14(20)8-15(21)10-17)13(2)6-18(12)22-11-23(3)16-4-5-16/h6-11,16H,4-5H2,1-3H3. The highest BCUT2D eigenvalue weighted by Crippen LogP contribution is 2.33. The van der Waals surface area contributed by atoms with E-state index in [1.807, 2.05) is 37.5 Å². The molecular weight excluding hydrogens is 435 g/mol. The van der Waals surface area contributed by atoms with Gasteiger partial charge in [-0.2, -0.15) is 0 Å². The lowest BCUT2D eigenvalue weighted by molar-refractivity contribution is 0.478. The maximum absolute atomic E-state index is 6.11. The van der Waals surface area contributed by atoms with Crippen molar-refractivity contribution >= 4 is 46.2 Å². The number of halogens is 2. The van der Waals surface area contributed by atoms with Crippen molar-refractivity contribution in [2.75, 3.05) is 7.05 Å². The van der Waals surface area contributed by atoms with Gasteiger partial charge in [0.15, 0.2) is 0 Å². The minimum Gasteiger partial charge on any atom is -0.457 e. The molecule has 24 heavy (non-hydrogen) atoms. The van der Waals surface area contributed by atoms with Gasteiger partial charge >= 0.3 is 0 Å². The zero-order chi connectivity index (χ0) is 17.3. The van der Waals surface area contributed by atoms with Crippen LogP contribution in [0.2, 0.25) is 5.02 Å². The molecule has 3 nitrogen and oxygen atoms in total. The molecule has 0 atom stereocenters. The van der Waals surface area contributed by atoms with Crippen LogP contribution in [0.25, 0.3) is 0 Å². The van der Waals surface area contributed by atoms with Crippen LogP contribution in [-0.2, 0) is 0 Å². The molecule has 2 aromatic carbocycles. The Balaban J connectivity index is 1.81. The van der Waals surface area contributed by atoms with Crippen LogP contribution >= 0.6 is 34.2 Å². The summed E-state index contributed by atoms with van der Waals surface area (Å²) in [5.74, 6) is 1.58. The molecule has 0 unspecified atom stereocenters. The van der Waals surface area contributed by atoms with E-state index in [-0.39, 0.29) is 0 Å². The number of hydrogen-bond acceptors (Lipinski definition) is 2. The second-order valence-corrected chi connectivity index (χ2v) is 7.93. The number of nitrogens with zero attached hydrogens (tertiary/aromatic N) is 2. The van der Waals surface area contributed by atoms with Crippen LogP contribution in [0.15, 0.2) is 35.3 Å². The fraction of sp³-hybridized carbons (Fsp3) is 0.316. The molecule has 5 heteroatoms. The normalized spacial score (nSPS) is 14.2. The van der Waals surface area contributed by atoms with Crippen LogP contribution in [0.4, 0.5) is 5.69 Å². The molecular formula is C19H20ClIN2O. The van der Waals surface area contributed by atoms with E-state index in [1.165, 1.54) is 12.8 Å². The molecule has 2 aromatic rings. The Bertz CT molecular complexity index is 767. The lowest BCUT2D eigenvalue weighted by Gasteiger charge is -2.13. The van der Waals surface area contributed by atoms with Gasteiger partial charge in [-0.1, -0.05) is 11.6 Å². The lowest BCUT2D eigenvalue weighted by atomic mass is 10.1. The van der Waals surface area contributed by atoms with Gasteiger partial charge in [0.05, 0.1) is 12.0 Å². The van der Waals surface area contributed by atoms with Gasteiger partial charge in [-0.15, -0.1) is 0 Å². The average molecular weight is 455 g/mol. The summed E-state index contributed by atoms with van der Waals surface area (Å²) in [5, 5.41) is 0.676. The summed E-state index contributed by atoms with van der Waals surface area (Å²) >= 11 is 8.34. The first kappa shape index (κ1) is 17.5. The predicted octanol–water partition coefficient (Wildman–Crippen LogP) is 6.11. The summed E-state index contributed by atoms with van der Waals surface area (Å²) in [7, 11) is 2.08. The smallest absolute Gasteiger partial charge is 0.130 e. The molecule has 126 valence electrons. The van der Waals surface area contributed by atoms with Crippen LogP contribution in [0, 0.1) is 17.4 Å². The Morgan fingerprint density at radius 1 is 1.17 bits per heavy atom. The van der Waals surface area contributed by atoms with Crippen LogP contribution in [0.5, 0.6) is 11.5 Å². The van der Waals surface area contributed by atoms with Crippen molar-refractivity contribution < 1.29 is 4.74 Å². The molecule has 0 amide bonds. The molecule has 0 aliphatic heterocycles. The highest BCUT2D eigenvalue weighted by Gasteiger charge is 2.24. The van der Waals surface area contributed by atoms with E-state index in [1.54, 1.807) is 0 Å². The molecule has 0 aromatic heterocycles. The molecule has 1 aliphatic rings. The maximum atomic E-state index is 6.11. The molecule has 1 aliphatic carbocycles. The highest BCUT2D eigenvalue weighted by atomic mass is 127. The monoisotopic (exact) mass is 454 g/mol. The van der Waals surface area contributed by atoms with Crippen molar-refractivity contribution in [2.24, 2.45) is 4.99 Å². The summed E-state index contributed by atoms with van der Waals surface area (Å²) in [6.07, 6.45) is 4.47. The molecule has 1 fully saturated rings. The summed E-state index contributed by atoms with van der Waals surface area (Å²) < 4.78 is 7.08. The van der Waals surface area contributed by atoms with Gasteiger partial charge in [0, 0.05) is 21.7 Å². The third-order valence-corrected chi connectivity index (χ3v) is 4.90. The predicted molar refractivity (Wildman–Crippen MR) is 109 cm³/mol. The van der Waals surface area contributed by atoms with Crippen molar-refractivity contribution in [3.05, 3.63) is 50.1 Å². The topological polar surface area (TPSA) is 24.8 Å². The van der Waals surface area contributed by atoms with Gasteiger partial charge in [-0.3, -0.25) is 0 Å². The Kier molecular flexibility index (Phi) is 5.35. The third kappa shape index (κ3) is 4.42. The number of hydrogen-bond donors (Lipinski definition) is 0. The van der Waals surface area contributed by atoms with Gasteiger partial charge < -0.3 is 9.64 Å². The molecule has 0 spiro atoms. The quantitative estimate of drug-likeness (QED) is 0.309. The zero-order valence-electron chi connectivity index (χ0n) is 14.0. The Morgan fingerprint density at radius 3 is 2.58 bits per heavy atom. The van der Waals surface area contributed by atoms with E-state index in [0.717, 1.165) is 31.9 Å². The van der Waals surface area contributed by atoms with Crippen LogP contribution in [0.3, 0.4) is 0 Å². The van der Waals surface area contributed by atoms with Gasteiger partial charge in [0.1, 0.15) is 11.5 Å². The minimum absolute atomic E-state index is 0.670. The van der Waals surface area contributed by atoms with Crippen molar-refractivity contribution in [2.45, 2.75) is 32.7 Å². The molecule has 0 bridgehead atoms. The molecule has 0 radical (unpaired) electrons. The maximum Gasteiger partial charge on any atom is 0.130 e. The first-order valence-electron chi connectivity index (χ1n) is 7.93. The number of rotatable bonds is 5. The molecule has 0 heterocycles. The summed E-state index contributed by atoms with van der Waals surface area (Å²) in [6.45, 7) is 4.09. The average Bonchev–Trinajstić information content (AvgIpc) is 3.32. The minimum atomic E-state index is 0.670. The van der Waals surface area contributed by atoms with Crippen LogP contribution in [-0.4, -0.2) is 24.3 Å². The largest absolute Gasteiger partial charge is 0.457 e. The second kappa shape index (κ2) is 7.31. The Labute approximate surface area is 161 Å². The van der Waals surface area contributed by atoms with Crippen molar-refractivity contribution in [3.63, 3.8) is 0 Å². The molecule has 0 N–H and O–H groups in total. The van der Waals surface area contributed by atoms with Gasteiger partial charge in [-0.25, -0.2) is 4.99 Å². The Hall–Kier alpha value is -1.27. The highest BCUT2D eigenvalue weighted by molar-refractivity contribution is 14.1. The first-order valence-corrected chi connectivity index (χ1v) is 9.39. The fourth-order valence-electron chi connectivity index (χ4n) is 2.47. The molecule has 1 saturated carbocycles. The SMILES string of the molecule is Cc1cc(Oc2cc(Cl)cc(I)c2)c(C)cc1N=CN(C)C1CC1. The Morgan fingerprint density at radius 2 is 1.92 bits per heavy atom. The van der Waals surface area contributed by atoms with Crippen molar-refractivity contribution in [1.29, 1.82) is 0 Å². The zero-order valence-corrected chi connectivity index (χ0v) is 16.9. The lowest BCUT2D eigenvalue weighted by Crippen LogP contribution is -2.17. The van der Waals surface area contributed by atoms with E-state index in [2.05, 4.69) is 52.5 Å². The van der Waals surface area contributed by atoms with Gasteiger partial charge in [-0.05, 0) is 90.7 Å². The van der Waals surface area contributed by atoms with Crippen molar-refractivity contribution in [3.8, 4) is 11.5 Å². The van der Waals surface area contributed by atoms with E-state index in [4.69, 9.17) is 16.3 Å². The number of aliphatic imine (C=N–C) groups is 1. The van der Waals surface area contributed by atoms with Gasteiger partial charge in [0.2, 0.25) is 0 Å². The van der Waals surface area contributed by atoms with Gasteiger partial charge in [0.25, 0.3) is 0 Å². The van der Waals surface area contributed by atoms with Crippen LogP contribution in [0.1, 0.15) is 24.0 Å². The number of ether oxygens (including phenoxy) is 1. The summed E-state index contributed by atoms with van der Waals surface area (Å²) in [4.78, 5) is 6.81. The number of benzene rings is 2. The van der Waals surface area contributed by atoms with Crippen LogP contribution < -0.4 is 4.74 Å². The summed E-state index contributed by atoms with van der Waals surface area (Å²) in [5.41, 5.74) is 3.12. The van der Waals surface area contributed by atoms with E-state index < -0.39 is 0 Å². The first-order chi connectivity index (χ1) is 11.4. The number of aryl methyl sites for hydroxylation is 2. The summed E-state index contributed by atoms with van der Waals surface area (Å²) in [6, 6.07) is 10.5. The fourth-order valence-corrected chi connectivity index (χ4v) is 3.52. The molecule has 0 saturated heterocycles. The van der Waals surface area contributed by atoms with E-state index in [0.29, 0.717) is 11.1 Å². The van der Waals surface area contributed by atoms with E-state index >= 15 is 0 Å². The third-order valence-electron chi connectivity index (χ3n) is 4.06.